The summed E-state index contributed by atoms with van der Waals surface area (Å²) in [6, 6.07) is 8.01. The van der Waals surface area contributed by atoms with Gasteiger partial charge in [0.05, 0.1) is 12.8 Å². The van der Waals surface area contributed by atoms with Gasteiger partial charge in [-0.15, -0.1) is 0 Å². The van der Waals surface area contributed by atoms with Crippen molar-refractivity contribution in [2.45, 2.75) is 26.9 Å². The first-order chi connectivity index (χ1) is 10.2. The summed E-state index contributed by atoms with van der Waals surface area (Å²) < 4.78 is 11.2. The number of ether oxygens (including phenoxy) is 2. The molecule has 0 fully saturated rings. The van der Waals surface area contributed by atoms with Crippen LogP contribution >= 0.6 is 0 Å². The minimum Gasteiger partial charge on any atom is -0.496 e. The topological polar surface area (TPSA) is 57.4 Å². The normalized spacial score (nSPS) is 10.5. The maximum Gasteiger partial charge on any atom is 0.131 e. The molecule has 0 aliphatic rings. The lowest BCUT2D eigenvalue weighted by molar-refractivity contribution is 0.298. The molecule has 0 atom stereocenters. The van der Waals surface area contributed by atoms with Crippen LogP contribution in [0, 0.1) is 13.8 Å². The molecule has 4 heteroatoms. The van der Waals surface area contributed by atoms with Gasteiger partial charge in [0.2, 0.25) is 0 Å². The Hall–Kier alpha value is -2.07. The number of hydrogen-bond donors (Lipinski definition) is 1. The summed E-state index contributed by atoms with van der Waals surface area (Å²) in [5.41, 5.74) is 9.71. The molecular formula is C17H22N2O2. The van der Waals surface area contributed by atoms with Gasteiger partial charge in [-0.1, -0.05) is 12.1 Å². The second kappa shape index (κ2) is 7.09. The zero-order valence-electron chi connectivity index (χ0n) is 12.8. The summed E-state index contributed by atoms with van der Waals surface area (Å²) in [6.07, 6.45) is 2.70. The Bertz CT molecular complexity index is 594. The lowest BCUT2D eigenvalue weighted by atomic mass is 10.1. The van der Waals surface area contributed by atoms with E-state index in [2.05, 4.69) is 4.98 Å². The third kappa shape index (κ3) is 3.73. The van der Waals surface area contributed by atoms with Gasteiger partial charge in [-0.2, -0.15) is 0 Å². The quantitative estimate of drug-likeness (QED) is 0.887. The molecule has 2 aromatic rings. The Balaban J connectivity index is 2.06. The summed E-state index contributed by atoms with van der Waals surface area (Å²) in [4.78, 5) is 4.43. The third-order valence-electron chi connectivity index (χ3n) is 3.48. The molecule has 4 nitrogen and oxygen atoms in total. The van der Waals surface area contributed by atoms with Crippen LogP contribution in [0.25, 0.3) is 0 Å². The first kappa shape index (κ1) is 15.3. The summed E-state index contributed by atoms with van der Waals surface area (Å²) in [7, 11) is 1.68. The van der Waals surface area contributed by atoms with Gasteiger partial charge in [0.25, 0.3) is 0 Å². The van der Waals surface area contributed by atoms with Gasteiger partial charge in [0, 0.05) is 17.3 Å². The van der Waals surface area contributed by atoms with E-state index in [0.717, 1.165) is 34.7 Å². The van der Waals surface area contributed by atoms with Crippen LogP contribution in [0.15, 0.2) is 30.5 Å². The Morgan fingerprint density at radius 2 is 1.86 bits per heavy atom. The fourth-order valence-corrected chi connectivity index (χ4v) is 2.29. The lowest BCUT2D eigenvalue weighted by Crippen LogP contribution is -2.04. The maximum absolute atomic E-state index is 5.80. The predicted octanol–water partition coefficient (Wildman–Crippen LogP) is 2.79. The molecule has 0 aliphatic carbocycles. The van der Waals surface area contributed by atoms with Crippen LogP contribution in [0.5, 0.6) is 11.5 Å². The molecular weight excluding hydrogens is 264 g/mol. The molecule has 0 amide bonds. The van der Waals surface area contributed by atoms with Gasteiger partial charge in [0.1, 0.15) is 18.1 Å². The van der Waals surface area contributed by atoms with Crippen LogP contribution in [0.2, 0.25) is 0 Å². The Kier molecular flexibility index (Phi) is 5.17. The van der Waals surface area contributed by atoms with Gasteiger partial charge in [-0.05, 0) is 44.5 Å². The average Bonchev–Trinajstić information content (AvgIpc) is 2.49. The van der Waals surface area contributed by atoms with E-state index in [0.29, 0.717) is 13.2 Å². The van der Waals surface area contributed by atoms with Gasteiger partial charge in [0.15, 0.2) is 0 Å². The molecule has 0 saturated heterocycles. The first-order valence-corrected chi connectivity index (χ1v) is 7.06. The maximum atomic E-state index is 5.80. The number of aromatic nitrogens is 1. The number of rotatable bonds is 6. The molecule has 0 radical (unpaired) electrons. The minimum absolute atomic E-state index is 0.429. The van der Waals surface area contributed by atoms with E-state index in [1.165, 1.54) is 5.56 Å². The van der Waals surface area contributed by atoms with Crippen LogP contribution in [0.3, 0.4) is 0 Å². The Labute approximate surface area is 125 Å². The molecule has 0 bridgehead atoms. The summed E-state index contributed by atoms with van der Waals surface area (Å²) in [6.45, 7) is 5.08. The highest BCUT2D eigenvalue weighted by atomic mass is 16.5. The molecule has 0 aliphatic heterocycles. The molecule has 2 rings (SSSR count). The van der Waals surface area contributed by atoms with Gasteiger partial charge >= 0.3 is 0 Å². The molecule has 0 spiro atoms. The van der Waals surface area contributed by atoms with Crippen molar-refractivity contribution in [2.24, 2.45) is 5.73 Å². The zero-order chi connectivity index (χ0) is 15.2. The number of pyridine rings is 1. The summed E-state index contributed by atoms with van der Waals surface area (Å²) in [5, 5.41) is 0. The largest absolute Gasteiger partial charge is 0.496 e. The van der Waals surface area contributed by atoms with Gasteiger partial charge < -0.3 is 15.2 Å². The molecule has 2 N–H and O–H groups in total. The molecule has 0 unspecified atom stereocenters. The van der Waals surface area contributed by atoms with E-state index in [4.69, 9.17) is 15.2 Å². The van der Waals surface area contributed by atoms with E-state index < -0.39 is 0 Å². The summed E-state index contributed by atoms with van der Waals surface area (Å²) >= 11 is 0. The SMILES string of the molecule is COc1c(C)cnc(COc2ccc(CCN)cc2)c1C. The fraction of sp³-hybridized carbons (Fsp3) is 0.353. The second-order valence-corrected chi connectivity index (χ2v) is 5.02. The number of hydrogen-bond acceptors (Lipinski definition) is 4. The van der Waals surface area contributed by atoms with Crippen LogP contribution in [-0.2, 0) is 13.0 Å². The highest BCUT2D eigenvalue weighted by molar-refractivity contribution is 5.41. The molecule has 1 aromatic heterocycles. The van der Waals surface area contributed by atoms with Crippen molar-refractivity contribution in [3.8, 4) is 11.5 Å². The van der Waals surface area contributed by atoms with Crippen LogP contribution in [0.1, 0.15) is 22.4 Å². The second-order valence-electron chi connectivity index (χ2n) is 5.02. The van der Waals surface area contributed by atoms with Crippen molar-refractivity contribution in [3.63, 3.8) is 0 Å². The van der Waals surface area contributed by atoms with Crippen LogP contribution < -0.4 is 15.2 Å². The van der Waals surface area contributed by atoms with E-state index in [9.17, 15) is 0 Å². The number of methoxy groups -OCH3 is 1. The number of benzene rings is 1. The van der Waals surface area contributed by atoms with Gasteiger partial charge in [-0.25, -0.2) is 0 Å². The van der Waals surface area contributed by atoms with E-state index in [1.807, 2.05) is 44.3 Å². The predicted molar refractivity (Wildman–Crippen MR) is 83.8 cm³/mol. The van der Waals surface area contributed by atoms with Crippen molar-refractivity contribution in [1.29, 1.82) is 0 Å². The molecule has 21 heavy (non-hydrogen) atoms. The highest BCUT2D eigenvalue weighted by Crippen LogP contribution is 2.25. The number of nitrogens with two attached hydrogens (primary N) is 1. The smallest absolute Gasteiger partial charge is 0.131 e. The van der Waals surface area contributed by atoms with Crippen molar-refractivity contribution >= 4 is 0 Å². The van der Waals surface area contributed by atoms with Crippen molar-refractivity contribution < 1.29 is 9.47 Å². The molecule has 1 aromatic carbocycles. The van der Waals surface area contributed by atoms with Crippen LogP contribution in [-0.4, -0.2) is 18.6 Å². The molecule has 0 saturated carbocycles. The third-order valence-corrected chi connectivity index (χ3v) is 3.48. The van der Waals surface area contributed by atoms with Crippen molar-refractivity contribution in [1.82, 2.24) is 4.98 Å². The molecule has 1 heterocycles. The fourth-order valence-electron chi connectivity index (χ4n) is 2.29. The van der Waals surface area contributed by atoms with E-state index in [1.54, 1.807) is 7.11 Å². The Morgan fingerprint density at radius 1 is 1.14 bits per heavy atom. The summed E-state index contributed by atoms with van der Waals surface area (Å²) in [5.74, 6) is 1.71. The molecule has 112 valence electrons. The van der Waals surface area contributed by atoms with E-state index in [-0.39, 0.29) is 0 Å². The van der Waals surface area contributed by atoms with Crippen molar-refractivity contribution in [2.75, 3.05) is 13.7 Å². The average molecular weight is 286 g/mol. The zero-order valence-corrected chi connectivity index (χ0v) is 12.8. The van der Waals surface area contributed by atoms with Gasteiger partial charge in [-0.3, -0.25) is 4.98 Å². The number of nitrogens with zero attached hydrogens (tertiary/aromatic N) is 1. The van der Waals surface area contributed by atoms with Crippen molar-refractivity contribution in [3.05, 3.63) is 52.8 Å². The first-order valence-electron chi connectivity index (χ1n) is 7.06. The monoisotopic (exact) mass is 286 g/mol. The number of aryl methyl sites for hydroxylation is 1. The van der Waals surface area contributed by atoms with E-state index >= 15 is 0 Å². The highest BCUT2D eigenvalue weighted by Gasteiger charge is 2.09. The minimum atomic E-state index is 0.429. The Morgan fingerprint density at radius 3 is 2.48 bits per heavy atom. The van der Waals surface area contributed by atoms with Crippen LogP contribution in [0.4, 0.5) is 0 Å². The standard InChI is InChI=1S/C17H22N2O2/c1-12-10-19-16(13(2)17(12)20-3)11-21-15-6-4-14(5-7-15)8-9-18/h4-7,10H,8-9,11,18H2,1-3H3. The lowest BCUT2D eigenvalue weighted by Gasteiger charge is -2.13.